The monoisotopic (exact) mass is 431 g/mol. The van der Waals surface area contributed by atoms with Crippen LogP contribution in [0.3, 0.4) is 0 Å². The highest BCUT2D eigenvalue weighted by Gasteiger charge is 2.38. The van der Waals surface area contributed by atoms with Crippen molar-refractivity contribution < 1.29 is 0 Å². The van der Waals surface area contributed by atoms with Crippen molar-refractivity contribution in [2.24, 2.45) is 10.9 Å². The molecule has 3 heterocycles. The molecule has 0 spiro atoms. The van der Waals surface area contributed by atoms with Crippen molar-refractivity contribution in [1.29, 1.82) is 0 Å². The summed E-state index contributed by atoms with van der Waals surface area (Å²) in [4.78, 5) is 17.8. The minimum atomic E-state index is -0.367. The highest BCUT2D eigenvalue weighted by atomic mass is 16.1. The Balaban J connectivity index is 1.56. The summed E-state index contributed by atoms with van der Waals surface area (Å²) in [6.07, 6.45) is 12.9. The van der Waals surface area contributed by atoms with E-state index in [2.05, 4.69) is 63.9 Å². The van der Waals surface area contributed by atoms with E-state index in [1.807, 2.05) is 33.7 Å². The lowest BCUT2D eigenvalue weighted by atomic mass is 9.76. The molecule has 166 valence electrons. The number of allylic oxidation sites excluding steroid dienone is 1. The van der Waals surface area contributed by atoms with Crippen molar-refractivity contribution in [3.05, 3.63) is 64.5 Å². The topological polar surface area (TPSA) is 93.8 Å². The summed E-state index contributed by atoms with van der Waals surface area (Å²) in [5, 5.41) is 14.5. The van der Waals surface area contributed by atoms with E-state index in [4.69, 9.17) is 0 Å². The smallest absolute Gasteiger partial charge is 0.296 e. The molecule has 0 radical (unpaired) electrons. The van der Waals surface area contributed by atoms with Crippen LogP contribution < -0.4 is 5.69 Å². The molecule has 0 saturated heterocycles. The lowest BCUT2D eigenvalue weighted by Gasteiger charge is -2.32. The van der Waals surface area contributed by atoms with E-state index >= 15 is 0 Å². The van der Waals surface area contributed by atoms with Crippen molar-refractivity contribution >= 4 is 6.21 Å². The fraction of sp³-hybridized carbons (Fsp3) is 0.458. The summed E-state index contributed by atoms with van der Waals surface area (Å²) in [6, 6.07) is 8.55. The molecule has 1 fully saturated rings. The van der Waals surface area contributed by atoms with Crippen LogP contribution in [0.4, 0.5) is 0 Å². The van der Waals surface area contributed by atoms with Crippen LogP contribution in [0.15, 0.2) is 52.5 Å². The number of rotatable bonds is 8. The number of benzene rings is 1. The zero-order valence-electron chi connectivity index (χ0n) is 18.6. The first-order valence-corrected chi connectivity index (χ1v) is 11.5. The number of aromatic nitrogens is 6. The quantitative estimate of drug-likeness (QED) is 0.589. The molecule has 0 bridgehead atoms. The Labute approximate surface area is 187 Å². The third-order valence-corrected chi connectivity index (χ3v) is 6.82. The molecule has 1 aliphatic carbocycles. The van der Waals surface area contributed by atoms with Crippen LogP contribution in [-0.4, -0.2) is 36.0 Å². The summed E-state index contributed by atoms with van der Waals surface area (Å²) >= 11 is 0. The Hall–Kier alpha value is -3.29. The van der Waals surface area contributed by atoms with Crippen LogP contribution >= 0.6 is 0 Å². The number of nitrogens with zero attached hydrogens (tertiary/aromatic N) is 6. The van der Waals surface area contributed by atoms with Crippen LogP contribution in [-0.2, 0) is 18.4 Å². The number of nitrogens with one attached hydrogen (secondary N) is 1. The first kappa shape index (κ1) is 20.6. The van der Waals surface area contributed by atoms with Gasteiger partial charge in [0.2, 0.25) is 5.82 Å². The standard InChI is InChI=1S/C24H29N7O/c1-3-4-8-20-15-30(21-13-17(21)2)23(32)31(20)16-24(9-11-25-12-10-24)19-7-5-6-18(14-19)22-26-28-29-27-22/h5-7,9,11-12,14-15,17,21H,3-4,8,10,13,16H2,1-2H3,(H,26,27,28,29). The summed E-state index contributed by atoms with van der Waals surface area (Å²) in [5.74, 6) is 1.13. The SMILES string of the molecule is CCCCc1cn(C2CC2C)c(=O)n1CC1(c2cccc(-c3nn[nH]n3)c2)C=CN=CC1. The van der Waals surface area contributed by atoms with Crippen molar-refractivity contribution in [3.63, 3.8) is 0 Å². The third-order valence-electron chi connectivity index (χ3n) is 6.82. The molecule has 8 nitrogen and oxygen atoms in total. The van der Waals surface area contributed by atoms with Crippen LogP contribution in [0, 0.1) is 5.92 Å². The lowest BCUT2D eigenvalue weighted by Crippen LogP contribution is -2.37. The first-order chi connectivity index (χ1) is 15.6. The Bertz CT molecular complexity index is 1200. The maximum atomic E-state index is 13.5. The molecule has 8 heteroatoms. The third kappa shape index (κ3) is 3.74. The number of aromatic amines is 1. The second-order valence-corrected chi connectivity index (χ2v) is 9.10. The number of hydrogen-bond donors (Lipinski definition) is 1. The van der Waals surface area contributed by atoms with Crippen LogP contribution in [0.1, 0.15) is 56.8 Å². The molecule has 5 rings (SSSR count). The van der Waals surface area contributed by atoms with Crippen molar-refractivity contribution in [1.82, 2.24) is 29.8 Å². The molecule has 2 aliphatic rings. The second kappa shape index (κ2) is 8.33. The number of aryl methyl sites for hydroxylation is 1. The molecular weight excluding hydrogens is 402 g/mol. The number of hydrogen-bond acceptors (Lipinski definition) is 5. The van der Waals surface area contributed by atoms with E-state index < -0.39 is 0 Å². The minimum absolute atomic E-state index is 0.107. The normalized spacial score (nSPS) is 24.2. The Morgan fingerprint density at radius 1 is 1.31 bits per heavy atom. The van der Waals surface area contributed by atoms with Gasteiger partial charge in [-0.1, -0.05) is 44.5 Å². The number of unbranched alkanes of at least 4 members (excludes halogenated alkanes) is 1. The average molecular weight is 432 g/mol. The summed E-state index contributed by atoms with van der Waals surface area (Å²) < 4.78 is 3.98. The molecule has 32 heavy (non-hydrogen) atoms. The van der Waals surface area contributed by atoms with Crippen molar-refractivity contribution in [2.75, 3.05) is 0 Å². The summed E-state index contributed by atoms with van der Waals surface area (Å²) in [6.45, 7) is 4.98. The molecule has 3 atom stereocenters. The van der Waals surface area contributed by atoms with Gasteiger partial charge in [-0.05, 0) is 48.4 Å². The van der Waals surface area contributed by atoms with Crippen LogP contribution in [0.25, 0.3) is 11.4 Å². The number of tetrazole rings is 1. The number of aliphatic imine (C=N–C) groups is 1. The molecule has 3 unspecified atom stereocenters. The zero-order valence-corrected chi connectivity index (χ0v) is 18.6. The van der Waals surface area contributed by atoms with E-state index in [-0.39, 0.29) is 11.1 Å². The summed E-state index contributed by atoms with van der Waals surface area (Å²) in [5.41, 5.74) is 2.88. The number of H-pyrrole nitrogens is 1. The summed E-state index contributed by atoms with van der Waals surface area (Å²) in [7, 11) is 0. The minimum Gasteiger partial charge on any atom is -0.296 e. The maximum absolute atomic E-state index is 13.5. The van der Waals surface area contributed by atoms with Gasteiger partial charge in [-0.3, -0.25) is 14.1 Å². The van der Waals surface area contributed by atoms with Gasteiger partial charge < -0.3 is 0 Å². The second-order valence-electron chi connectivity index (χ2n) is 9.10. The fourth-order valence-corrected chi connectivity index (χ4v) is 4.69. The Kier molecular flexibility index (Phi) is 5.36. The van der Waals surface area contributed by atoms with Gasteiger partial charge >= 0.3 is 5.69 Å². The fourth-order valence-electron chi connectivity index (χ4n) is 4.69. The van der Waals surface area contributed by atoms with Gasteiger partial charge in [0, 0.05) is 47.9 Å². The molecule has 0 amide bonds. The lowest BCUT2D eigenvalue weighted by molar-refractivity contribution is 0.434. The Morgan fingerprint density at radius 3 is 2.88 bits per heavy atom. The molecule has 1 saturated carbocycles. The van der Waals surface area contributed by atoms with E-state index in [0.29, 0.717) is 24.3 Å². The van der Waals surface area contributed by atoms with Crippen molar-refractivity contribution in [2.45, 2.75) is 64.0 Å². The molecular formula is C24H29N7O. The van der Waals surface area contributed by atoms with Gasteiger partial charge in [-0.25, -0.2) is 4.79 Å². The maximum Gasteiger partial charge on any atom is 0.328 e. The van der Waals surface area contributed by atoms with Gasteiger partial charge in [0.05, 0.1) is 0 Å². The van der Waals surface area contributed by atoms with Crippen molar-refractivity contribution in [3.8, 4) is 11.4 Å². The Morgan fingerprint density at radius 2 is 2.19 bits per heavy atom. The largest absolute Gasteiger partial charge is 0.328 e. The van der Waals surface area contributed by atoms with Gasteiger partial charge in [0.15, 0.2) is 0 Å². The zero-order chi connectivity index (χ0) is 22.1. The van der Waals surface area contributed by atoms with E-state index in [9.17, 15) is 4.79 Å². The average Bonchev–Trinajstić information content (AvgIpc) is 3.20. The van der Waals surface area contributed by atoms with Gasteiger partial charge in [-0.15, -0.1) is 10.2 Å². The molecule has 1 N–H and O–H groups in total. The number of imidazole rings is 1. The van der Waals surface area contributed by atoms with Gasteiger partial charge in [0.1, 0.15) is 0 Å². The van der Waals surface area contributed by atoms with Gasteiger partial charge in [-0.2, -0.15) is 5.21 Å². The molecule has 1 aliphatic heterocycles. The van der Waals surface area contributed by atoms with Crippen LogP contribution in [0.2, 0.25) is 0 Å². The predicted octanol–water partition coefficient (Wildman–Crippen LogP) is 3.68. The first-order valence-electron chi connectivity index (χ1n) is 11.5. The van der Waals surface area contributed by atoms with E-state index in [1.165, 1.54) is 0 Å². The highest BCUT2D eigenvalue weighted by molar-refractivity contribution is 5.65. The predicted molar refractivity (Wildman–Crippen MR) is 124 cm³/mol. The van der Waals surface area contributed by atoms with E-state index in [0.717, 1.165) is 48.9 Å². The van der Waals surface area contributed by atoms with Crippen LogP contribution in [0.5, 0.6) is 0 Å². The molecule has 1 aromatic carbocycles. The van der Waals surface area contributed by atoms with Gasteiger partial charge in [0.25, 0.3) is 0 Å². The molecule has 2 aromatic heterocycles. The van der Waals surface area contributed by atoms with E-state index in [1.54, 1.807) is 0 Å². The highest BCUT2D eigenvalue weighted by Crippen LogP contribution is 2.42. The molecule has 3 aromatic rings.